The molecule has 26 heavy (non-hydrogen) atoms. The predicted octanol–water partition coefficient (Wildman–Crippen LogP) is 0.904. The largest absolute Gasteiger partial charge is 0.322 e. The molecule has 6 heteroatoms. The highest BCUT2D eigenvalue weighted by molar-refractivity contribution is 5.86. The summed E-state index contributed by atoms with van der Waals surface area (Å²) in [5, 5.41) is 2.41. The molecule has 1 amide bonds. The van der Waals surface area contributed by atoms with E-state index in [2.05, 4.69) is 9.88 Å². The quantitative estimate of drug-likeness (QED) is 0.890. The summed E-state index contributed by atoms with van der Waals surface area (Å²) in [4.78, 5) is 31.6. The minimum absolute atomic E-state index is 0.0685. The molecule has 0 radical (unpaired) electrons. The number of rotatable bonds is 3. The zero-order valence-electron chi connectivity index (χ0n) is 14.6. The van der Waals surface area contributed by atoms with E-state index in [-0.39, 0.29) is 11.5 Å². The minimum Gasteiger partial charge on any atom is -0.322 e. The molecule has 2 aliphatic heterocycles. The highest BCUT2D eigenvalue weighted by Gasteiger charge is 2.17. The predicted molar refractivity (Wildman–Crippen MR) is 99.3 cm³/mol. The van der Waals surface area contributed by atoms with Crippen molar-refractivity contribution in [1.82, 2.24) is 14.8 Å². The van der Waals surface area contributed by atoms with Gasteiger partial charge in [0.05, 0.1) is 5.39 Å². The summed E-state index contributed by atoms with van der Waals surface area (Å²) in [6.07, 6.45) is 7.81. The van der Waals surface area contributed by atoms with Crippen molar-refractivity contribution in [1.29, 1.82) is 0 Å². The average Bonchev–Trinajstić information content (AvgIpc) is 2.67. The number of aromatic amines is 1. The minimum atomic E-state index is -0.447. The molecule has 0 spiro atoms. The van der Waals surface area contributed by atoms with Crippen LogP contribution >= 0.6 is 0 Å². The van der Waals surface area contributed by atoms with Crippen molar-refractivity contribution in [2.24, 2.45) is 0 Å². The molecule has 0 saturated carbocycles. The number of fused-ring (bicyclic) bond motifs is 3. The number of pyridine rings is 1. The fourth-order valence-corrected chi connectivity index (χ4v) is 3.79. The molecule has 4 rings (SSSR count). The van der Waals surface area contributed by atoms with E-state index in [1.807, 2.05) is 6.08 Å². The lowest BCUT2D eigenvalue weighted by Gasteiger charge is -2.27. The Bertz CT molecular complexity index is 1020. The second-order valence-electron chi connectivity index (χ2n) is 7.00. The SMILES string of the molecule is O=C(CCN1CCCCC1)N1C=c2c([nH]c(=O)c3cc(F)ccc23)=CC1. The molecule has 3 heterocycles. The first kappa shape index (κ1) is 17.0. The number of likely N-dealkylation sites (tertiary alicyclic amines) is 1. The van der Waals surface area contributed by atoms with Gasteiger partial charge in [-0.05, 0) is 49.5 Å². The van der Waals surface area contributed by atoms with Crippen LogP contribution in [0, 0.1) is 5.82 Å². The Hall–Kier alpha value is -2.47. The van der Waals surface area contributed by atoms with Crippen LogP contribution in [0.1, 0.15) is 25.7 Å². The van der Waals surface area contributed by atoms with Gasteiger partial charge in [0.2, 0.25) is 5.91 Å². The molecular formula is C20H22FN3O2. The van der Waals surface area contributed by atoms with E-state index in [1.165, 1.54) is 31.4 Å². The number of hydrogen-bond donors (Lipinski definition) is 1. The van der Waals surface area contributed by atoms with Gasteiger partial charge in [0.1, 0.15) is 5.82 Å². The third-order valence-corrected chi connectivity index (χ3v) is 5.24. The Morgan fingerprint density at radius 1 is 1.15 bits per heavy atom. The number of piperidine rings is 1. The van der Waals surface area contributed by atoms with Crippen molar-refractivity contribution in [3.8, 4) is 0 Å². The highest BCUT2D eigenvalue weighted by Crippen LogP contribution is 2.11. The number of benzene rings is 1. The van der Waals surface area contributed by atoms with Crippen LogP contribution < -0.4 is 16.1 Å². The Morgan fingerprint density at radius 2 is 1.96 bits per heavy atom. The van der Waals surface area contributed by atoms with Crippen molar-refractivity contribution < 1.29 is 9.18 Å². The van der Waals surface area contributed by atoms with Crippen molar-refractivity contribution in [3.05, 3.63) is 44.9 Å². The van der Waals surface area contributed by atoms with Gasteiger partial charge < -0.3 is 14.8 Å². The molecule has 1 fully saturated rings. The Balaban J connectivity index is 1.61. The van der Waals surface area contributed by atoms with E-state index >= 15 is 0 Å². The van der Waals surface area contributed by atoms with Gasteiger partial charge in [0.25, 0.3) is 5.56 Å². The van der Waals surface area contributed by atoms with Crippen molar-refractivity contribution in [2.45, 2.75) is 25.7 Å². The van der Waals surface area contributed by atoms with E-state index < -0.39 is 5.82 Å². The molecule has 1 aromatic heterocycles. The van der Waals surface area contributed by atoms with Gasteiger partial charge in [-0.2, -0.15) is 0 Å². The van der Waals surface area contributed by atoms with Crippen LogP contribution in [0.15, 0.2) is 23.0 Å². The van der Waals surface area contributed by atoms with Crippen LogP contribution in [0.5, 0.6) is 0 Å². The molecule has 2 aliphatic rings. The third kappa shape index (κ3) is 3.29. The van der Waals surface area contributed by atoms with E-state index in [4.69, 9.17) is 0 Å². The number of hydrogen-bond acceptors (Lipinski definition) is 3. The number of halogens is 1. The maximum absolute atomic E-state index is 13.5. The lowest BCUT2D eigenvalue weighted by Crippen LogP contribution is -2.43. The van der Waals surface area contributed by atoms with Crippen LogP contribution in [0.2, 0.25) is 0 Å². The molecule has 1 saturated heterocycles. The first-order chi connectivity index (χ1) is 12.6. The van der Waals surface area contributed by atoms with E-state index in [1.54, 1.807) is 17.2 Å². The van der Waals surface area contributed by atoms with Crippen LogP contribution in [0.4, 0.5) is 4.39 Å². The molecule has 1 N–H and O–H groups in total. The maximum Gasteiger partial charge on any atom is 0.256 e. The molecule has 5 nitrogen and oxygen atoms in total. The summed E-state index contributed by atoms with van der Waals surface area (Å²) >= 11 is 0. The fraction of sp³-hybridized carbons (Fsp3) is 0.400. The van der Waals surface area contributed by atoms with Crippen LogP contribution in [-0.2, 0) is 4.79 Å². The monoisotopic (exact) mass is 355 g/mol. The third-order valence-electron chi connectivity index (χ3n) is 5.24. The number of amides is 1. The second-order valence-corrected chi connectivity index (χ2v) is 7.00. The zero-order valence-corrected chi connectivity index (χ0v) is 14.6. The van der Waals surface area contributed by atoms with Crippen molar-refractivity contribution in [3.63, 3.8) is 0 Å². The summed E-state index contributed by atoms with van der Waals surface area (Å²) in [7, 11) is 0. The first-order valence-corrected chi connectivity index (χ1v) is 9.17. The van der Waals surface area contributed by atoms with Gasteiger partial charge in [0.15, 0.2) is 0 Å². The number of H-pyrrole nitrogens is 1. The summed E-state index contributed by atoms with van der Waals surface area (Å²) in [5.41, 5.74) is -0.312. The van der Waals surface area contributed by atoms with Crippen molar-refractivity contribution >= 4 is 29.0 Å². The molecule has 0 aliphatic carbocycles. The second kappa shape index (κ2) is 7.03. The van der Waals surface area contributed by atoms with Gasteiger partial charge >= 0.3 is 0 Å². The Kier molecular flexibility index (Phi) is 4.59. The Labute approximate surface area is 150 Å². The van der Waals surface area contributed by atoms with Gasteiger partial charge in [-0.15, -0.1) is 0 Å². The zero-order chi connectivity index (χ0) is 18.1. The number of carbonyl (C=O) groups is 1. The van der Waals surface area contributed by atoms with E-state index in [9.17, 15) is 14.0 Å². The van der Waals surface area contributed by atoms with Gasteiger partial charge in [-0.3, -0.25) is 9.59 Å². The lowest BCUT2D eigenvalue weighted by atomic mass is 10.1. The highest BCUT2D eigenvalue weighted by atomic mass is 19.1. The van der Waals surface area contributed by atoms with E-state index in [0.29, 0.717) is 29.1 Å². The van der Waals surface area contributed by atoms with Crippen LogP contribution in [-0.4, -0.2) is 46.9 Å². The van der Waals surface area contributed by atoms with Crippen LogP contribution in [0.25, 0.3) is 23.0 Å². The molecule has 1 aromatic carbocycles. The number of nitrogens with one attached hydrogen (secondary N) is 1. The summed E-state index contributed by atoms with van der Waals surface area (Å²) in [5.74, 6) is -0.379. The molecular weight excluding hydrogens is 333 g/mol. The standard InChI is InChI=1S/C20H22FN3O2/c21-14-4-5-15-16(12-14)20(26)22-18-6-11-24(13-17(15)18)19(25)7-10-23-8-2-1-3-9-23/h4-6,12-13H,1-3,7-11H2,(H,22,26). The molecule has 2 aromatic rings. The van der Waals surface area contributed by atoms with E-state index in [0.717, 1.165) is 24.9 Å². The molecule has 0 unspecified atom stereocenters. The lowest BCUT2D eigenvalue weighted by molar-refractivity contribution is -0.127. The number of nitrogens with zero attached hydrogens (tertiary/aromatic N) is 2. The first-order valence-electron chi connectivity index (χ1n) is 9.17. The normalized spacial score (nSPS) is 17.5. The smallest absolute Gasteiger partial charge is 0.256 e. The molecule has 0 atom stereocenters. The maximum atomic E-state index is 13.5. The molecule has 136 valence electrons. The summed E-state index contributed by atoms with van der Waals surface area (Å²) in [6.45, 7) is 3.37. The van der Waals surface area contributed by atoms with Gasteiger partial charge in [-0.25, -0.2) is 4.39 Å². The molecule has 0 bridgehead atoms. The fourth-order valence-electron chi connectivity index (χ4n) is 3.79. The number of aromatic nitrogens is 1. The summed E-state index contributed by atoms with van der Waals surface area (Å²) < 4.78 is 13.5. The summed E-state index contributed by atoms with van der Waals surface area (Å²) in [6, 6.07) is 4.18. The Morgan fingerprint density at radius 3 is 2.77 bits per heavy atom. The topological polar surface area (TPSA) is 56.4 Å². The van der Waals surface area contributed by atoms with Gasteiger partial charge in [0, 0.05) is 36.3 Å². The number of carbonyl (C=O) groups excluding carboxylic acids is 1. The van der Waals surface area contributed by atoms with Gasteiger partial charge in [-0.1, -0.05) is 12.5 Å². The average molecular weight is 355 g/mol. The van der Waals surface area contributed by atoms with Crippen LogP contribution in [0.3, 0.4) is 0 Å². The van der Waals surface area contributed by atoms with Crippen molar-refractivity contribution in [2.75, 3.05) is 26.2 Å².